The Balaban J connectivity index is 2.27. The summed E-state index contributed by atoms with van der Waals surface area (Å²) in [6, 6.07) is 11.1. The molecule has 0 atom stereocenters. The van der Waals surface area contributed by atoms with Gasteiger partial charge < -0.3 is 10.0 Å². The van der Waals surface area contributed by atoms with Gasteiger partial charge in [-0.25, -0.2) is 9.78 Å². The lowest BCUT2D eigenvalue weighted by Gasteiger charge is -2.20. The summed E-state index contributed by atoms with van der Waals surface area (Å²) in [6.45, 7) is 2.44. The van der Waals surface area contributed by atoms with Crippen LogP contribution < -0.4 is 4.90 Å². The lowest BCUT2D eigenvalue weighted by molar-refractivity contribution is 0.0696. The van der Waals surface area contributed by atoms with Gasteiger partial charge in [-0.05, 0) is 30.7 Å². The second kappa shape index (κ2) is 6.05. The molecule has 0 radical (unpaired) electrons. The smallest absolute Gasteiger partial charge is 0.335 e. The highest BCUT2D eigenvalue weighted by Crippen LogP contribution is 2.21. The van der Waals surface area contributed by atoms with Crippen molar-refractivity contribution in [1.82, 2.24) is 4.98 Å². The summed E-state index contributed by atoms with van der Waals surface area (Å²) < 4.78 is 1.03. The predicted octanol–water partition coefficient (Wildman–Crippen LogP) is 3.49. The zero-order valence-corrected chi connectivity index (χ0v) is 12.9. The number of aryl methyl sites for hydroxylation is 1. The molecule has 1 aromatic carbocycles. The van der Waals surface area contributed by atoms with Crippen LogP contribution in [0.5, 0.6) is 0 Å². The minimum Gasteiger partial charge on any atom is -0.478 e. The molecule has 2 rings (SSSR count). The number of halogens is 1. The maximum absolute atomic E-state index is 11.1. The lowest BCUT2D eigenvalue weighted by Crippen LogP contribution is -2.19. The van der Waals surface area contributed by atoms with Gasteiger partial charge in [0.2, 0.25) is 0 Å². The van der Waals surface area contributed by atoms with Gasteiger partial charge in [-0.3, -0.25) is 0 Å². The SMILES string of the molecule is Cc1cc(C(=O)O)cc(N(C)Cc2ccccc2Br)n1. The Labute approximate surface area is 126 Å². The minimum absolute atomic E-state index is 0.256. The molecular weight excluding hydrogens is 320 g/mol. The van der Waals surface area contributed by atoms with E-state index in [0.717, 1.165) is 10.0 Å². The van der Waals surface area contributed by atoms with Crippen LogP contribution in [0.1, 0.15) is 21.6 Å². The number of carboxylic acid groups (broad SMARTS) is 1. The Morgan fingerprint density at radius 3 is 2.70 bits per heavy atom. The van der Waals surface area contributed by atoms with E-state index >= 15 is 0 Å². The van der Waals surface area contributed by atoms with Gasteiger partial charge in [-0.1, -0.05) is 34.1 Å². The Hall–Kier alpha value is -1.88. The Morgan fingerprint density at radius 1 is 1.35 bits per heavy atom. The topological polar surface area (TPSA) is 53.4 Å². The molecule has 20 heavy (non-hydrogen) atoms. The van der Waals surface area contributed by atoms with Crippen LogP contribution in [0.3, 0.4) is 0 Å². The van der Waals surface area contributed by atoms with E-state index in [4.69, 9.17) is 5.11 Å². The van der Waals surface area contributed by atoms with E-state index in [2.05, 4.69) is 20.9 Å². The number of hydrogen-bond acceptors (Lipinski definition) is 3. The highest BCUT2D eigenvalue weighted by Gasteiger charge is 2.11. The van der Waals surface area contributed by atoms with Crippen molar-refractivity contribution in [3.05, 3.63) is 57.7 Å². The van der Waals surface area contributed by atoms with E-state index < -0.39 is 5.97 Å². The van der Waals surface area contributed by atoms with Gasteiger partial charge in [0.1, 0.15) is 5.82 Å². The molecule has 0 aliphatic rings. The normalized spacial score (nSPS) is 10.3. The van der Waals surface area contributed by atoms with Crippen molar-refractivity contribution in [2.75, 3.05) is 11.9 Å². The number of nitrogens with zero attached hydrogens (tertiary/aromatic N) is 2. The van der Waals surface area contributed by atoms with Crippen LogP contribution in [0.15, 0.2) is 40.9 Å². The molecule has 1 heterocycles. The van der Waals surface area contributed by atoms with Crippen LogP contribution in [-0.4, -0.2) is 23.1 Å². The van der Waals surface area contributed by atoms with Crippen LogP contribution in [-0.2, 0) is 6.54 Å². The number of carboxylic acids is 1. The molecule has 0 unspecified atom stereocenters. The molecule has 1 aromatic heterocycles. The quantitative estimate of drug-likeness (QED) is 0.929. The zero-order chi connectivity index (χ0) is 14.7. The van der Waals surface area contributed by atoms with E-state index in [9.17, 15) is 4.79 Å². The summed E-state index contributed by atoms with van der Waals surface area (Å²) in [4.78, 5) is 17.4. The summed E-state index contributed by atoms with van der Waals surface area (Å²) in [5, 5.41) is 9.10. The molecule has 5 heteroatoms. The second-order valence-corrected chi connectivity index (χ2v) is 5.46. The maximum atomic E-state index is 11.1. The third kappa shape index (κ3) is 3.36. The number of aromatic carboxylic acids is 1. The Kier molecular flexibility index (Phi) is 4.39. The zero-order valence-electron chi connectivity index (χ0n) is 11.3. The predicted molar refractivity (Wildman–Crippen MR) is 82.2 cm³/mol. The molecule has 0 aliphatic carbocycles. The van der Waals surface area contributed by atoms with E-state index in [1.807, 2.05) is 36.2 Å². The van der Waals surface area contributed by atoms with Crippen molar-refractivity contribution in [2.45, 2.75) is 13.5 Å². The molecule has 2 aromatic rings. The van der Waals surface area contributed by atoms with Gasteiger partial charge >= 0.3 is 5.97 Å². The van der Waals surface area contributed by atoms with Crippen molar-refractivity contribution < 1.29 is 9.90 Å². The molecule has 0 fully saturated rings. The van der Waals surface area contributed by atoms with Gasteiger partial charge in [-0.15, -0.1) is 0 Å². The first-order valence-electron chi connectivity index (χ1n) is 6.14. The third-order valence-corrected chi connectivity index (χ3v) is 3.72. The monoisotopic (exact) mass is 334 g/mol. The third-order valence-electron chi connectivity index (χ3n) is 2.94. The van der Waals surface area contributed by atoms with Crippen molar-refractivity contribution in [2.24, 2.45) is 0 Å². The summed E-state index contributed by atoms with van der Waals surface area (Å²) in [6.07, 6.45) is 0. The number of anilines is 1. The van der Waals surface area contributed by atoms with E-state index in [0.29, 0.717) is 18.1 Å². The van der Waals surface area contributed by atoms with Gasteiger partial charge in [0.25, 0.3) is 0 Å². The number of carbonyl (C=O) groups is 1. The molecular formula is C15H15BrN2O2. The van der Waals surface area contributed by atoms with Crippen molar-refractivity contribution in [3.63, 3.8) is 0 Å². The summed E-state index contributed by atoms with van der Waals surface area (Å²) >= 11 is 3.51. The second-order valence-electron chi connectivity index (χ2n) is 4.61. The Bertz CT molecular complexity index is 644. The fraction of sp³-hybridized carbons (Fsp3) is 0.200. The fourth-order valence-electron chi connectivity index (χ4n) is 1.93. The standard InChI is InChI=1S/C15H15BrN2O2/c1-10-7-12(15(19)20)8-14(17-10)18(2)9-11-5-3-4-6-13(11)16/h3-8H,9H2,1-2H3,(H,19,20). The van der Waals surface area contributed by atoms with Crippen LogP contribution in [0, 0.1) is 6.92 Å². The molecule has 0 saturated carbocycles. The number of pyridine rings is 1. The largest absolute Gasteiger partial charge is 0.478 e. The van der Waals surface area contributed by atoms with Crippen molar-refractivity contribution in [3.8, 4) is 0 Å². The number of hydrogen-bond donors (Lipinski definition) is 1. The van der Waals surface area contributed by atoms with Gasteiger partial charge in [0.15, 0.2) is 0 Å². The first kappa shape index (κ1) is 14.5. The molecule has 4 nitrogen and oxygen atoms in total. The first-order valence-corrected chi connectivity index (χ1v) is 6.93. The summed E-state index contributed by atoms with van der Waals surface area (Å²) in [5.74, 6) is -0.288. The van der Waals surface area contributed by atoms with Crippen LogP contribution in [0.2, 0.25) is 0 Å². The highest BCUT2D eigenvalue weighted by atomic mass is 79.9. The van der Waals surface area contributed by atoms with Crippen molar-refractivity contribution in [1.29, 1.82) is 0 Å². The number of rotatable bonds is 4. The first-order chi connectivity index (χ1) is 9.47. The lowest BCUT2D eigenvalue weighted by atomic mass is 10.2. The molecule has 0 aliphatic heterocycles. The summed E-state index contributed by atoms with van der Waals surface area (Å²) in [7, 11) is 1.90. The summed E-state index contributed by atoms with van der Waals surface area (Å²) in [5.41, 5.74) is 2.07. The molecule has 104 valence electrons. The van der Waals surface area contributed by atoms with E-state index in [1.165, 1.54) is 0 Å². The molecule has 0 saturated heterocycles. The number of benzene rings is 1. The minimum atomic E-state index is -0.939. The van der Waals surface area contributed by atoms with Crippen LogP contribution in [0.4, 0.5) is 5.82 Å². The van der Waals surface area contributed by atoms with Crippen LogP contribution >= 0.6 is 15.9 Å². The average molecular weight is 335 g/mol. The van der Waals surface area contributed by atoms with Crippen molar-refractivity contribution >= 4 is 27.7 Å². The molecule has 1 N–H and O–H groups in total. The molecule has 0 bridgehead atoms. The van der Waals surface area contributed by atoms with Gasteiger partial charge in [0, 0.05) is 23.8 Å². The van der Waals surface area contributed by atoms with E-state index in [1.54, 1.807) is 19.1 Å². The van der Waals surface area contributed by atoms with Crippen LogP contribution in [0.25, 0.3) is 0 Å². The van der Waals surface area contributed by atoms with Gasteiger partial charge in [0.05, 0.1) is 5.56 Å². The molecule has 0 amide bonds. The highest BCUT2D eigenvalue weighted by molar-refractivity contribution is 9.10. The fourth-order valence-corrected chi connectivity index (χ4v) is 2.34. The Morgan fingerprint density at radius 2 is 2.05 bits per heavy atom. The van der Waals surface area contributed by atoms with E-state index in [-0.39, 0.29) is 5.56 Å². The molecule has 0 spiro atoms. The number of aromatic nitrogens is 1. The maximum Gasteiger partial charge on any atom is 0.335 e. The van der Waals surface area contributed by atoms with Gasteiger partial charge in [-0.2, -0.15) is 0 Å². The average Bonchev–Trinajstić information content (AvgIpc) is 2.40.